The molecule has 2 N–H and O–H groups in total. The zero-order valence-electron chi connectivity index (χ0n) is 8.54. The van der Waals surface area contributed by atoms with Crippen molar-refractivity contribution in [2.45, 2.75) is 6.92 Å². The van der Waals surface area contributed by atoms with Crippen molar-refractivity contribution in [2.75, 3.05) is 6.61 Å². The van der Waals surface area contributed by atoms with Gasteiger partial charge in [0, 0.05) is 0 Å². The molecule has 0 saturated carbocycles. The fourth-order valence-corrected chi connectivity index (χ4v) is 1.09. The predicted octanol–water partition coefficient (Wildman–Crippen LogP) is 2.45. The highest BCUT2D eigenvalue weighted by molar-refractivity contribution is 7.46. The van der Waals surface area contributed by atoms with Gasteiger partial charge in [0.25, 0.3) is 0 Å². The zero-order chi connectivity index (χ0) is 11.7. The molecule has 0 saturated heterocycles. The third kappa shape index (κ3) is 9.38. The molecule has 1 aromatic carbocycles. The molecule has 0 aliphatic rings. The summed E-state index contributed by atoms with van der Waals surface area (Å²) >= 11 is 0. The highest BCUT2D eigenvalue weighted by Gasteiger charge is 2.10. The van der Waals surface area contributed by atoms with Crippen LogP contribution in [0.5, 0.6) is 0 Å². The van der Waals surface area contributed by atoms with Crippen molar-refractivity contribution in [1.82, 2.24) is 0 Å². The van der Waals surface area contributed by atoms with E-state index in [4.69, 9.17) is 9.79 Å². The van der Waals surface area contributed by atoms with Gasteiger partial charge in [0.05, 0.1) is 6.61 Å². The minimum atomic E-state index is -4.17. The summed E-state index contributed by atoms with van der Waals surface area (Å²) in [5, 5.41) is 0. The van der Waals surface area contributed by atoms with Gasteiger partial charge in [0.1, 0.15) is 0 Å². The van der Waals surface area contributed by atoms with Gasteiger partial charge in [-0.2, -0.15) is 0 Å². The summed E-state index contributed by atoms with van der Waals surface area (Å²) in [7, 11) is -4.17. The summed E-state index contributed by atoms with van der Waals surface area (Å²) in [6.07, 6.45) is 1.83. The van der Waals surface area contributed by atoms with E-state index in [2.05, 4.69) is 11.1 Å². The maximum absolute atomic E-state index is 9.70. The Morgan fingerprint density at radius 3 is 2.13 bits per heavy atom. The van der Waals surface area contributed by atoms with Gasteiger partial charge < -0.3 is 9.79 Å². The molecule has 15 heavy (non-hydrogen) atoms. The highest BCUT2D eigenvalue weighted by Crippen LogP contribution is 2.34. The maximum atomic E-state index is 9.70. The number of hydrogen-bond donors (Lipinski definition) is 2. The largest absolute Gasteiger partial charge is 0.469 e. The Labute approximate surface area is 89.5 Å². The van der Waals surface area contributed by atoms with Crippen molar-refractivity contribution >= 4 is 13.9 Å². The SMILES string of the molecule is C=Cc1ccccc1.CCOP(=O)(O)O. The number of hydrogen-bond acceptors (Lipinski definition) is 2. The van der Waals surface area contributed by atoms with Gasteiger partial charge in [0.15, 0.2) is 0 Å². The molecule has 0 aromatic heterocycles. The molecule has 4 nitrogen and oxygen atoms in total. The van der Waals surface area contributed by atoms with Gasteiger partial charge in [-0.15, -0.1) is 0 Å². The van der Waals surface area contributed by atoms with Crippen molar-refractivity contribution in [3.05, 3.63) is 42.5 Å². The predicted molar refractivity (Wildman–Crippen MR) is 60.2 cm³/mol. The van der Waals surface area contributed by atoms with Crippen LogP contribution in [0.3, 0.4) is 0 Å². The lowest BCUT2D eigenvalue weighted by atomic mass is 10.2. The van der Waals surface area contributed by atoms with Crippen LogP contribution >= 0.6 is 7.82 Å². The minimum Gasteiger partial charge on any atom is -0.303 e. The fraction of sp³-hybridized carbons (Fsp3) is 0.200. The van der Waals surface area contributed by atoms with Crippen molar-refractivity contribution < 1.29 is 18.9 Å². The molecule has 1 aromatic rings. The van der Waals surface area contributed by atoms with E-state index < -0.39 is 7.82 Å². The third-order valence-corrected chi connectivity index (χ3v) is 1.93. The molecule has 0 atom stereocenters. The van der Waals surface area contributed by atoms with Gasteiger partial charge in [-0.25, -0.2) is 4.57 Å². The van der Waals surface area contributed by atoms with Crippen LogP contribution in [0.15, 0.2) is 36.9 Å². The average molecular weight is 230 g/mol. The van der Waals surface area contributed by atoms with Crippen LogP contribution in [0.2, 0.25) is 0 Å². The summed E-state index contributed by atoms with van der Waals surface area (Å²) in [6, 6.07) is 10.0. The number of phosphoric ester groups is 1. The van der Waals surface area contributed by atoms with Crippen molar-refractivity contribution in [1.29, 1.82) is 0 Å². The Morgan fingerprint density at radius 2 is 1.93 bits per heavy atom. The number of benzene rings is 1. The quantitative estimate of drug-likeness (QED) is 0.782. The van der Waals surface area contributed by atoms with Gasteiger partial charge in [0.2, 0.25) is 0 Å². The van der Waals surface area contributed by atoms with Crippen LogP contribution in [-0.4, -0.2) is 16.4 Å². The fourth-order valence-electron chi connectivity index (χ4n) is 0.757. The second-order valence-electron chi connectivity index (χ2n) is 2.52. The minimum absolute atomic E-state index is 0.0459. The topological polar surface area (TPSA) is 66.8 Å². The van der Waals surface area contributed by atoms with E-state index in [1.54, 1.807) is 0 Å². The van der Waals surface area contributed by atoms with E-state index in [1.807, 2.05) is 36.4 Å². The number of rotatable bonds is 3. The third-order valence-electron chi connectivity index (χ3n) is 1.33. The molecular formula is C10H15O4P. The molecule has 0 spiro atoms. The Hall–Kier alpha value is -0.930. The Balaban J connectivity index is 0.000000265. The second-order valence-corrected chi connectivity index (χ2v) is 3.76. The van der Waals surface area contributed by atoms with Crippen molar-refractivity contribution in [2.24, 2.45) is 0 Å². The first kappa shape index (κ1) is 14.1. The van der Waals surface area contributed by atoms with Crippen molar-refractivity contribution in [3.63, 3.8) is 0 Å². The molecule has 84 valence electrons. The van der Waals surface area contributed by atoms with E-state index >= 15 is 0 Å². The molecule has 5 heteroatoms. The molecule has 0 unspecified atom stereocenters. The molecule has 1 rings (SSSR count). The summed E-state index contributed by atoms with van der Waals surface area (Å²) in [6.45, 7) is 5.19. The summed E-state index contributed by atoms with van der Waals surface area (Å²) in [5.74, 6) is 0. The molecule has 0 radical (unpaired) electrons. The van der Waals surface area contributed by atoms with E-state index in [1.165, 1.54) is 12.5 Å². The average Bonchev–Trinajstić information content (AvgIpc) is 2.18. The molecule has 0 aliphatic carbocycles. The van der Waals surface area contributed by atoms with E-state index in [-0.39, 0.29) is 6.61 Å². The Kier molecular flexibility index (Phi) is 6.92. The standard InChI is InChI=1S/C8H8.C2H7O4P/c1-2-8-6-4-3-5-7-8;1-2-6-7(3,4)5/h2-7H,1H2;2H2,1H3,(H2,3,4,5). The molecule has 0 aliphatic heterocycles. The van der Waals surface area contributed by atoms with E-state index in [9.17, 15) is 4.57 Å². The van der Waals surface area contributed by atoms with Crippen LogP contribution in [-0.2, 0) is 9.09 Å². The lowest BCUT2D eigenvalue weighted by Crippen LogP contribution is -1.84. The van der Waals surface area contributed by atoms with Crippen LogP contribution in [0.1, 0.15) is 12.5 Å². The summed E-state index contributed by atoms with van der Waals surface area (Å²) in [5.41, 5.74) is 1.17. The molecule has 0 fully saturated rings. The first-order valence-corrected chi connectivity index (χ1v) is 5.90. The maximum Gasteiger partial charge on any atom is 0.469 e. The van der Waals surface area contributed by atoms with Crippen LogP contribution in [0.4, 0.5) is 0 Å². The number of phosphoric acid groups is 1. The van der Waals surface area contributed by atoms with Crippen LogP contribution in [0.25, 0.3) is 6.08 Å². The molecule has 0 heterocycles. The first-order valence-electron chi connectivity index (χ1n) is 4.37. The second kappa shape index (κ2) is 7.37. The smallest absolute Gasteiger partial charge is 0.303 e. The van der Waals surface area contributed by atoms with Crippen LogP contribution < -0.4 is 0 Å². The van der Waals surface area contributed by atoms with Gasteiger partial charge in [-0.05, 0) is 12.5 Å². The van der Waals surface area contributed by atoms with E-state index in [0.29, 0.717) is 0 Å². The zero-order valence-corrected chi connectivity index (χ0v) is 9.43. The summed E-state index contributed by atoms with van der Waals surface area (Å²) < 4.78 is 13.6. The monoisotopic (exact) mass is 230 g/mol. The van der Waals surface area contributed by atoms with Crippen LogP contribution in [0, 0.1) is 0 Å². The first-order chi connectivity index (χ1) is 6.99. The lowest BCUT2D eigenvalue weighted by Gasteiger charge is -1.98. The van der Waals surface area contributed by atoms with Gasteiger partial charge in [-0.3, -0.25) is 4.52 Å². The molecule has 0 amide bonds. The molecule has 0 bridgehead atoms. The molecular weight excluding hydrogens is 215 g/mol. The summed E-state index contributed by atoms with van der Waals surface area (Å²) in [4.78, 5) is 15.8. The highest BCUT2D eigenvalue weighted by atomic mass is 31.2. The Morgan fingerprint density at radius 1 is 1.40 bits per heavy atom. The van der Waals surface area contributed by atoms with E-state index in [0.717, 1.165) is 0 Å². The lowest BCUT2D eigenvalue weighted by molar-refractivity contribution is 0.206. The van der Waals surface area contributed by atoms with Crippen molar-refractivity contribution in [3.8, 4) is 0 Å². The van der Waals surface area contributed by atoms with Gasteiger partial charge >= 0.3 is 7.82 Å². The Bertz CT molecular complexity index is 317. The normalized spacial score (nSPS) is 10.1. The van der Waals surface area contributed by atoms with Gasteiger partial charge in [-0.1, -0.05) is 43.0 Å².